The van der Waals surface area contributed by atoms with Crippen LogP contribution in [0.15, 0.2) is 0 Å². The molecule has 1 unspecified atom stereocenters. The molecule has 0 amide bonds. The van der Waals surface area contributed by atoms with Crippen molar-refractivity contribution in [3.05, 3.63) is 0 Å². The molecule has 0 spiro atoms. The number of rotatable bonds is 4. The van der Waals surface area contributed by atoms with Crippen LogP contribution in [0.4, 0.5) is 0 Å². The van der Waals surface area contributed by atoms with E-state index in [1.54, 1.807) is 0 Å². The minimum atomic E-state index is 0.388. The molecule has 90 valence electrons. The SMILES string of the molecule is CN(C)C1(CNCC(C)(C)C)CCSC1. The van der Waals surface area contributed by atoms with Gasteiger partial charge in [-0.05, 0) is 31.7 Å². The van der Waals surface area contributed by atoms with Crippen molar-refractivity contribution in [3.8, 4) is 0 Å². The summed E-state index contributed by atoms with van der Waals surface area (Å²) < 4.78 is 0. The standard InChI is InChI=1S/C12H26N2S/c1-11(2,3)8-13-9-12(14(4)5)6-7-15-10-12/h13H,6-10H2,1-5H3. The number of nitrogens with zero attached hydrogens (tertiary/aromatic N) is 1. The molecule has 3 heteroatoms. The van der Waals surface area contributed by atoms with Crippen molar-refractivity contribution >= 4 is 11.8 Å². The summed E-state index contributed by atoms with van der Waals surface area (Å²) in [6, 6.07) is 0. The topological polar surface area (TPSA) is 15.3 Å². The van der Waals surface area contributed by atoms with Gasteiger partial charge in [-0.2, -0.15) is 11.8 Å². The van der Waals surface area contributed by atoms with Gasteiger partial charge in [0.1, 0.15) is 0 Å². The molecule has 1 aliphatic rings. The van der Waals surface area contributed by atoms with Crippen LogP contribution in [0.25, 0.3) is 0 Å². The van der Waals surface area contributed by atoms with E-state index in [0.717, 1.165) is 13.1 Å². The summed E-state index contributed by atoms with van der Waals surface area (Å²) in [7, 11) is 4.43. The third-order valence-corrected chi connectivity index (χ3v) is 4.37. The van der Waals surface area contributed by atoms with Crippen molar-refractivity contribution in [3.63, 3.8) is 0 Å². The Hall–Kier alpha value is 0.270. The molecule has 1 atom stereocenters. The Morgan fingerprint density at radius 2 is 2.00 bits per heavy atom. The molecular weight excluding hydrogens is 204 g/mol. The van der Waals surface area contributed by atoms with Crippen LogP contribution in [0.3, 0.4) is 0 Å². The Bertz CT molecular complexity index is 190. The fraction of sp³-hybridized carbons (Fsp3) is 1.00. The molecule has 0 aliphatic carbocycles. The van der Waals surface area contributed by atoms with E-state index in [-0.39, 0.29) is 0 Å². The van der Waals surface area contributed by atoms with Crippen molar-refractivity contribution in [2.24, 2.45) is 5.41 Å². The van der Waals surface area contributed by atoms with Gasteiger partial charge in [-0.3, -0.25) is 0 Å². The van der Waals surface area contributed by atoms with E-state index in [9.17, 15) is 0 Å². The lowest BCUT2D eigenvalue weighted by Crippen LogP contribution is -2.52. The van der Waals surface area contributed by atoms with Crippen LogP contribution >= 0.6 is 11.8 Å². The van der Waals surface area contributed by atoms with E-state index in [1.165, 1.54) is 17.9 Å². The number of likely N-dealkylation sites (N-methyl/N-ethyl adjacent to an activating group) is 1. The highest BCUT2D eigenvalue weighted by molar-refractivity contribution is 7.99. The van der Waals surface area contributed by atoms with Crippen LogP contribution < -0.4 is 5.32 Å². The highest BCUT2D eigenvalue weighted by Gasteiger charge is 2.36. The minimum absolute atomic E-state index is 0.388. The van der Waals surface area contributed by atoms with E-state index < -0.39 is 0 Å². The summed E-state index contributed by atoms with van der Waals surface area (Å²) in [6.45, 7) is 9.08. The predicted octanol–water partition coefficient (Wildman–Crippen LogP) is 2.06. The van der Waals surface area contributed by atoms with Crippen molar-refractivity contribution in [1.29, 1.82) is 0 Å². The van der Waals surface area contributed by atoms with Crippen LogP contribution in [0, 0.1) is 5.41 Å². The van der Waals surface area contributed by atoms with Crippen molar-refractivity contribution in [2.75, 3.05) is 38.7 Å². The molecular formula is C12H26N2S. The molecule has 0 radical (unpaired) electrons. The zero-order valence-electron chi connectivity index (χ0n) is 10.9. The average Bonchev–Trinajstić information content (AvgIpc) is 2.51. The third kappa shape index (κ3) is 3.97. The molecule has 0 aromatic carbocycles. The molecule has 1 aliphatic heterocycles. The third-order valence-electron chi connectivity index (χ3n) is 3.14. The second kappa shape index (κ2) is 5.07. The van der Waals surface area contributed by atoms with Crippen LogP contribution in [-0.4, -0.2) is 49.1 Å². The van der Waals surface area contributed by atoms with E-state index in [1.807, 2.05) is 0 Å². The number of hydrogen-bond donors (Lipinski definition) is 1. The van der Waals surface area contributed by atoms with Gasteiger partial charge in [0.05, 0.1) is 0 Å². The molecule has 1 fully saturated rings. The Morgan fingerprint density at radius 1 is 1.33 bits per heavy atom. The van der Waals surface area contributed by atoms with Gasteiger partial charge < -0.3 is 10.2 Å². The molecule has 1 saturated heterocycles. The second-order valence-corrected chi connectivity index (χ2v) is 7.19. The van der Waals surface area contributed by atoms with Crippen molar-refractivity contribution < 1.29 is 0 Å². The quantitative estimate of drug-likeness (QED) is 0.796. The molecule has 0 saturated carbocycles. The number of hydrogen-bond acceptors (Lipinski definition) is 3. The maximum absolute atomic E-state index is 3.63. The summed E-state index contributed by atoms with van der Waals surface area (Å²) in [4.78, 5) is 2.41. The van der Waals surface area contributed by atoms with Gasteiger partial charge in [-0.25, -0.2) is 0 Å². The van der Waals surface area contributed by atoms with Gasteiger partial charge in [0.15, 0.2) is 0 Å². The van der Waals surface area contributed by atoms with E-state index in [4.69, 9.17) is 0 Å². The smallest absolute Gasteiger partial charge is 0.0425 e. The first-order chi connectivity index (χ1) is 6.86. The average molecular weight is 230 g/mol. The maximum atomic E-state index is 3.63. The first-order valence-electron chi connectivity index (χ1n) is 5.82. The van der Waals surface area contributed by atoms with Crippen LogP contribution in [0.5, 0.6) is 0 Å². The largest absolute Gasteiger partial charge is 0.314 e. The van der Waals surface area contributed by atoms with Crippen LogP contribution in [0.2, 0.25) is 0 Å². The molecule has 2 nitrogen and oxygen atoms in total. The highest BCUT2D eigenvalue weighted by atomic mass is 32.2. The van der Waals surface area contributed by atoms with Crippen LogP contribution in [0.1, 0.15) is 27.2 Å². The highest BCUT2D eigenvalue weighted by Crippen LogP contribution is 2.31. The van der Waals surface area contributed by atoms with E-state index in [2.05, 4.69) is 56.8 Å². The Labute approximate surface area is 99.2 Å². The predicted molar refractivity (Wildman–Crippen MR) is 70.7 cm³/mol. The van der Waals surface area contributed by atoms with E-state index in [0.29, 0.717) is 11.0 Å². The first kappa shape index (κ1) is 13.3. The summed E-state index contributed by atoms with van der Waals surface area (Å²) in [5.74, 6) is 2.59. The summed E-state index contributed by atoms with van der Waals surface area (Å²) in [6.07, 6.45) is 1.32. The first-order valence-corrected chi connectivity index (χ1v) is 6.97. The summed E-state index contributed by atoms with van der Waals surface area (Å²) in [5, 5.41) is 3.63. The molecule has 1 rings (SSSR count). The van der Waals surface area contributed by atoms with Gasteiger partial charge >= 0.3 is 0 Å². The zero-order valence-corrected chi connectivity index (χ0v) is 11.7. The Kier molecular flexibility index (Phi) is 4.50. The minimum Gasteiger partial charge on any atom is -0.314 e. The van der Waals surface area contributed by atoms with Crippen molar-refractivity contribution in [1.82, 2.24) is 10.2 Å². The van der Waals surface area contributed by atoms with Gasteiger partial charge in [-0.1, -0.05) is 20.8 Å². The van der Waals surface area contributed by atoms with Gasteiger partial charge in [0.2, 0.25) is 0 Å². The Balaban J connectivity index is 2.40. The lowest BCUT2D eigenvalue weighted by molar-refractivity contribution is 0.170. The Morgan fingerprint density at radius 3 is 2.40 bits per heavy atom. The maximum Gasteiger partial charge on any atom is 0.0425 e. The number of nitrogens with one attached hydrogen (secondary N) is 1. The molecule has 1 N–H and O–H groups in total. The number of thioether (sulfide) groups is 1. The van der Waals surface area contributed by atoms with E-state index >= 15 is 0 Å². The van der Waals surface area contributed by atoms with Crippen molar-refractivity contribution in [2.45, 2.75) is 32.7 Å². The zero-order chi connectivity index (χ0) is 11.5. The molecule has 0 aromatic rings. The van der Waals surface area contributed by atoms with Gasteiger partial charge in [0, 0.05) is 24.4 Å². The molecule has 0 bridgehead atoms. The van der Waals surface area contributed by atoms with Crippen LogP contribution in [-0.2, 0) is 0 Å². The lowest BCUT2D eigenvalue weighted by atomic mass is 9.94. The van der Waals surface area contributed by atoms with Gasteiger partial charge in [-0.15, -0.1) is 0 Å². The second-order valence-electron chi connectivity index (χ2n) is 6.09. The lowest BCUT2D eigenvalue weighted by Gasteiger charge is -2.36. The summed E-state index contributed by atoms with van der Waals surface area (Å²) >= 11 is 2.09. The monoisotopic (exact) mass is 230 g/mol. The summed E-state index contributed by atoms with van der Waals surface area (Å²) in [5.41, 5.74) is 0.787. The fourth-order valence-corrected chi connectivity index (χ4v) is 3.47. The molecule has 1 heterocycles. The molecule has 0 aromatic heterocycles. The normalized spacial score (nSPS) is 27.6. The molecule has 15 heavy (non-hydrogen) atoms. The van der Waals surface area contributed by atoms with Gasteiger partial charge in [0.25, 0.3) is 0 Å². The fourth-order valence-electron chi connectivity index (χ4n) is 1.92.